The number of aromatic nitrogens is 1. The fraction of sp³-hybridized carbons (Fsp3) is 0.400. The van der Waals surface area contributed by atoms with Crippen LogP contribution >= 0.6 is 0 Å². The van der Waals surface area contributed by atoms with Crippen molar-refractivity contribution in [3.63, 3.8) is 0 Å². The second-order valence-corrected chi connectivity index (χ2v) is 7.00. The van der Waals surface area contributed by atoms with Crippen molar-refractivity contribution in [2.45, 2.75) is 50.4 Å². The molecule has 3 heterocycles. The van der Waals surface area contributed by atoms with Gasteiger partial charge in [-0.1, -0.05) is 30.3 Å². The average Bonchev–Trinajstić information content (AvgIpc) is 2.85. The minimum atomic E-state index is -0.525. The van der Waals surface area contributed by atoms with Gasteiger partial charge in [0.2, 0.25) is 0 Å². The lowest BCUT2D eigenvalue weighted by Gasteiger charge is -2.39. The van der Waals surface area contributed by atoms with Crippen molar-refractivity contribution >= 4 is 5.91 Å². The fourth-order valence-corrected chi connectivity index (χ4v) is 4.18. The normalized spacial score (nSPS) is 25.7. The molecule has 1 aromatic carbocycles. The van der Waals surface area contributed by atoms with Gasteiger partial charge in [0.15, 0.2) is 0 Å². The van der Waals surface area contributed by atoms with E-state index in [4.69, 9.17) is 10.5 Å². The summed E-state index contributed by atoms with van der Waals surface area (Å²) in [5.41, 5.74) is 6.92. The number of amides is 1. The summed E-state index contributed by atoms with van der Waals surface area (Å²) in [6.07, 6.45) is 6.29. The minimum Gasteiger partial charge on any atom is -0.490 e. The van der Waals surface area contributed by atoms with E-state index >= 15 is 0 Å². The van der Waals surface area contributed by atoms with Gasteiger partial charge in [-0.3, -0.25) is 14.7 Å². The Morgan fingerprint density at radius 1 is 1.16 bits per heavy atom. The van der Waals surface area contributed by atoms with Gasteiger partial charge >= 0.3 is 0 Å². The molecule has 1 amide bonds. The van der Waals surface area contributed by atoms with E-state index < -0.39 is 5.91 Å². The Hall–Kier alpha value is -2.40. The number of carbonyl (C=O) groups is 1. The second-order valence-electron chi connectivity index (χ2n) is 7.00. The number of fused-ring (bicyclic) bond motifs is 2. The van der Waals surface area contributed by atoms with Crippen LogP contribution in [0.5, 0.6) is 5.75 Å². The number of rotatable bonds is 5. The topological polar surface area (TPSA) is 68.5 Å². The van der Waals surface area contributed by atoms with E-state index in [1.54, 1.807) is 18.3 Å². The molecule has 2 bridgehead atoms. The number of primary amides is 1. The summed E-state index contributed by atoms with van der Waals surface area (Å²) in [6.45, 7) is 1.02. The summed E-state index contributed by atoms with van der Waals surface area (Å²) in [6, 6.07) is 15.2. The highest BCUT2D eigenvalue weighted by molar-refractivity contribution is 5.91. The molecule has 4 rings (SSSR count). The predicted octanol–water partition coefficient (Wildman–Crippen LogP) is 2.75. The SMILES string of the molecule is NC(=O)c1cc(OC2C[C@H]3CC[C@@H](C2)N3Cc2ccccc2)ccn1. The van der Waals surface area contributed by atoms with E-state index in [0.717, 1.165) is 19.4 Å². The van der Waals surface area contributed by atoms with Crippen LogP contribution in [-0.2, 0) is 6.54 Å². The van der Waals surface area contributed by atoms with Crippen LogP contribution < -0.4 is 10.5 Å². The molecule has 2 fully saturated rings. The lowest BCUT2D eigenvalue weighted by Crippen LogP contribution is -2.45. The molecule has 2 aromatic rings. The summed E-state index contributed by atoms with van der Waals surface area (Å²) >= 11 is 0. The molecule has 2 saturated heterocycles. The van der Waals surface area contributed by atoms with Crippen LogP contribution in [0.1, 0.15) is 41.7 Å². The monoisotopic (exact) mass is 337 g/mol. The molecule has 1 aromatic heterocycles. The average molecular weight is 337 g/mol. The van der Waals surface area contributed by atoms with E-state index in [0.29, 0.717) is 17.8 Å². The maximum Gasteiger partial charge on any atom is 0.267 e. The molecule has 0 aliphatic carbocycles. The Kier molecular flexibility index (Phi) is 4.40. The molecule has 3 atom stereocenters. The Balaban J connectivity index is 1.41. The number of carbonyl (C=O) groups excluding carboxylic acids is 1. The molecular weight excluding hydrogens is 314 g/mol. The largest absolute Gasteiger partial charge is 0.490 e. The third-order valence-corrected chi connectivity index (χ3v) is 5.34. The number of piperidine rings is 1. The van der Waals surface area contributed by atoms with Crippen molar-refractivity contribution in [1.29, 1.82) is 0 Å². The highest BCUT2D eigenvalue weighted by atomic mass is 16.5. The van der Waals surface area contributed by atoms with Gasteiger partial charge in [0.25, 0.3) is 5.91 Å². The number of pyridine rings is 1. The van der Waals surface area contributed by atoms with E-state index in [1.807, 2.05) is 0 Å². The summed E-state index contributed by atoms with van der Waals surface area (Å²) < 4.78 is 6.15. The lowest BCUT2D eigenvalue weighted by atomic mass is 9.98. The van der Waals surface area contributed by atoms with E-state index in [1.165, 1.54) is 18.4 Å². The quantitative estimate of drug-likeness (QED) is 0.911. The zero-order chi connectivity index (χ0) is 17.2. The molecule has 2 aliphatic rings. The van der Waals surface area contributed by atoms with Crippen molar-refractivity contribution < 1.29 is 9.53 Å². The van der Waals surface area contributed by atoms with Gasteiger partial charge in [-0.15, -0.1) is 0 Å². The predicted molar refractivity (Wildman–Crippen MR) is 95.2 cm³/mol. The molecular formula is C20H23N3O2. The van der Waals surface area contributed by atoms with Crippen molar-refractivity contribution in [2.75, 3.05) is 0 Å². The van der Waals surface area contributed by atoms with Crippen molar-refractivity contribution in [3.8, 4) is 5.75 Å². The molecule has 5 nitrogen and oxygen atoms in total. The van der Waals surface area contributed by atoms with E-state index in [2.05, 4.69) is 40.2 Å². The highest BCUT2D eigenvalue weighted by Crippen LogP contribution is 2.38. The molecule has 130 valence electrons. The van der Waals surface area contributed by atoms with Crippen LogP contribution in [0.3, 0.4) is 0 Å². The second kappa shape index (κ2) is 6.84. The minimum absolute atomic E-state index is 0.188. The van der Waals surface area contributed by atoms with Crippen LogP contribution in [0, 0.1) is 0 Å². The summed E-state index contributed by atoms with van der Waals surface area (Å²) in [7, 11) is 0. The van der Waals surface area contributed by atoms with Gasteiger partial charge in [-0.25, -0.2) is 0 Å². The Morgan fingerprint density at radius 3 is 2.56 bits per heavy atom. The molecule has 0 saturated carbocycles. The third kappa shape index (κ3) is 3.51. The van der Waals surface area contributed by atoms with Crippen molar-refractivity contribution in [1.82, 2.24) is 9.88 Å². The zero-order valence-corrected chi connectivity index (χ0v) is 14.2. The Bertz CT molecular complexity index is 736. The number of ether oxygens (including phenoxy) is 1. The molecule has 5 heteroatoms. The smallest absolute Gasteiger partial charge is 0.267 e. The molecule has 2 aliphatic heterocycles. The maximum absolute atomic E-state index is 11.3. The first-order valence-electron chi connectivity index (χ1n) is 8.91. The van der Waals surface area contributed by atoms with Gasteiger partial charge in [-0.2, -0.15) is 0 Å². The van der Waals surface area contributed by atoms with Gasteiger partial charge in [-0.05, 0) is 37.3 Å². The highest BCUT2D eigenvalue weighted by Gasteiger charge is 2.41. The first kappa shape index (κ1) is 16.1. The first-order valence-corrected chi connectivity index (χ1v) is 8.91. The van der Waals surface area contributed by atoms with Crippen LogP contribution in [-0.4, -0.2) is 34.0 Å². The van der Waals surface area contributed by atoms with Crippen LogP contribution in [0.4, 0.5) is 0 Å². The third-order valence-electron chi connectivity index (χ3n) is 5.34. The van der Waals surface area contributed by atoms with Gasteiger partial charge < -0.3 is 10.5 Å². The summed E-state index contributed by atoms with van der Waals surface area (Å²) in [4.78, 5) is 17.9. The molecule has 0 spiro atoms. The summed E-state index contributed by atoms with van der Waals surface area (Å²) in [5, 5.41) is 0. The first-order chi connectivity index (χ1) is 12.2. The standard InChI is InChI=1S/C20H23N3O2/c21-20(24)19-12-17(8-9-22-19)25-18-10-15-6-7-16(11-18)23(15)13-14-4-2-1-3-5-14/h1-5,8-9,12,15-16,18H,6-7,10-11,13H2,(H2,21,24)/t15-,16+,18?. The molecule has 1 unspecified atom stereocenters. The number of nitrogens with two attached hydrogens (primary N) is 1. The Labute approximate surface area is 147 Å². The van der Waals surface area contributed by atoms with Crippen LogP contribution in [0.2, 0.25) is 0 Å². The van der Waals surface area contributed by atoms with Crippen molar-refractivity contribution in [2.24, 2.45) is 5.73 Å². The lowest BCUT2D eigenvalue weighted by molar-refractivity contribution is 0.0444. The van der Waals surface area contributed by atoms with Gasteiger partial charge in [0.1, 0.15) is 17.5 Å². The van der Waals surface area contributed by atoms with Crippen molar-refractivity contribution in [3.05, 3.63) is 59.9 Å². The Morgan fingerprint density at radius 2 is 1.88 bits per heavy atom. The number of benzene rings is 1. The fourth-order valence-electron chi connectivity index (χ4n) is 4.18. The van der Waals surface area contributed by atoms with Gasteiger partial charge in [0.05, 0.1) is 0 Å². The van der Waals surface area contributed by atoms with E-state index in [-0.39, 0.29) is 11.8 Å². The number of nitrogens with zero attached hydrogens (tertiary/aromatic N) is 2. The molecule has 2 N–H and O–H groups in total. The van der Waals surface area contributed by atoms with Crippen LogP contribution in [0.25, 0.3) is 0 Å². The maximum atomic E-state index is 11.3. The molecule has 25 heavy (non-hydrogen) atoms. The number of hydrogen-bond acceptors (Lipinski definition) is 4. The van der Waals surface area contributed by atoms with Crippen LogP contribution in [0.15, 0.2) is 48.7 Å². The van der Waals surface area contributed by atoms with Gasteiger partial charge in [0, 0.05) is 30.9 Å². The number of hydrogen-bond donors (Lipinski definition) is 1. The summed E-state index contributed by atoms with van der Waals surface area (Å²) in [5.74, 6) is 0.160. The van der Waals surface area contributed by atoms with E-state index in [9.17, 15) is 4.79 Å². The molecule has 0 radical (unpaired) electrons. The zero-order valence-electron chi connectivity index (χ0n) is 14.2.